The molecule has 1 aliphatic carbocycles. The molecule has 3 N–H and O–H groups in total. The van der Waals surface area contributed by atoms with Gasteiger partial charge in [-0.1, -0.05) is 49.6 Å². The van der Waals surface area contributed by atoms with E-state index in [1.165, 1.54) is 18.2 Å². The Morgan fingerprint density at radius 2 is 1.72 bits per heavy atom. The van der Waals surface area contributed by atoms with Gasteiger partial charge in [-0.15, -0.1) is 0 Å². The zero-order valence-electron chi connectivity index (χ0n) is 16.0. The van der Waals surface area contributed by atoms with Crippen LogP contribution in [0.1, 0.15) is 48.0 Å². The number of nitrogens with one attached hydrogen (secondary N) is 3. The third-order valence-electron chi connectivity index (χ3n) is 5.06. The quantitative estimate of drug-likeness (QED) is 0.510. The molecule has 0 spiro atoms. The van der Waals surface area contributed by atoms with Crippen molar-refractivity contribution in [3.05, 3.63) is 69.8 Å². The topological polar surface area (TPSA) is 113 Å². The molecule has 0 aliphatic heterocycles. The van der Waals surface area contributed by atoms with Crippen molar-refractivity contribution < 1.29 is 14.5 Å². The first-order valence-electron chi connectivity index (χ1n) is 9.71. The van der Waals surface area contributed by atoms with Gasteiger partial charge < -0.3 is 5.32 Å². The van der Waals surface area contributed by atoms with E-state index in [0.29, 0.717) is 12.2 Å². The standard InChI is InChI=1S/C21H24N4O4/c26-20(16-9-5-2-6-10-16)23-24-21(27)17-11-12-18(19(13-17)25(28)29)22-14-15-7-3-1-4-8-15/h1,3-4,7-8,11-13,16,22H,2,5-6,9-10,14H2,(H,23,26)(H,24,27). The van der Waals surface area contributed by atoms with E-state index in [0.717, 1.165) is 37.7 Å². The molecule has 1 saturated carbocycles. The summed E-state index contributed by atoms with van der Waals surface area (Å²) in [5.41, 5.74) is 6.00. The van der Waals surface area contributed by atoms with Gasteiger partial charge in [0.15, 0.2) is 0 Å². The summed E-state index contributed by atoms with van der Waals surface area (Å²) in [6.45, 7) is 0.421. The van der Waals surface area contributed by atoms with Gasteiger partial charge in [0.2, 0.25) is 5.91 Å². The summed E-state index contributed by atoms with van der Waals surface area (Å²) in [6, 6.07) is 13.7. The van der Waals surface area contributed by atoms with Crippen molar-refractivity contribution in [1.29, 1.82) is 0 Å². The molecule has 29 heavy (non-hydrogen) atoms. The number of nitro benzene ring substituents is 1. The lowest BCUT2D eigenvalue weighted by molar-refractivity contribution is -0.384. The molecular weight excluding hydrogens is 372 g/mol. The van der Waals surface area contributed by atoms with Crippen LogP contribution < -0.4 is 16.2 Å². The van der Waals surface area contributed by atoms with Gasteiger partial charge in [-0.25, -0.2) is 0 Å². The van der Waals surface area contributed by atoms with Crippen molar-refractivity contribution in [2.75, 3.05) is 5.32 Å². The minimum absolute atomic E-state index is 0.0945. The van der Waals surface area contributed by atoms with E-state index in [-0.39, 0.29) is 23.1 Å². The van der Waals surface area contributed by atoms with Crippen LogP contribution in [0.4, 0.5) is 11.4 Å². The minimum atomic E-state index is -0.591. The Labute approximate surface area is 168 Å². The van der Waals surface area contributed by atoms with E-state index in [2.05, 4.69) is 16.2 Å². The van der Waals surface area contributed by atoms with Crippen LogP contribution in [0.25, 0.3) is 0 Å². The smallest absolute Gasteiger partial charge is 0.293 e. The molecule has 0 bridgehead atoms. The van der Waals surface area contributed by atoms with E-state index in [9.17, 15) is 19.7 Å². The van der Waals surface area contributed by atoms with Gasteiger partial charge in [-0.05, 0) is 30.5 Å². The van der Waals surface area contributed by atoms with E-state index in [1.54, 1.807) is 0 Å². The van der Waals surface area contributed by atoms with Crippen molar-refractivity contribution >= 4 is 23.2 Å². The van der Waals surface area contributed by atoms with Crippen LogP contribution in [-0.2, 0) is 11.3 Å². The molecule has 3 rings (SSSR count). The van der Waals surface area contributed by atoms with Gasteiger partial charge >= 0.3 is 0 Å². The normalized spacial score (nSPS) is 14.1. The van der Waals surface area contributed by atoms with Crippen LogP contribution in [0.3, 0.4) is 0 Å². The summed E-state index contributed by atoms with van der Waals surface area (Å²) < 4.78 is 0. The average Bonchev–Trinajstić information content (AvgIpc) is 2.77. The number of rotatable bonds is 6. The fraction of sp³-hybridized carbons (Fsp3) is 0.333. The summed E-state index contributed by atoms with van der Waals surface area (Å²) in [5.74, 6) is -0.900. The molecule has 0 atom stereocenters. The highest BCUT2D eigenvalue weighted by Gasteiger charge is 2.22. The van der Waals surface area contributed by atoms with Crippen LogP contribution in [0, 0.1) is 16.0 Å². The van der Waals surface area contributed by atoms with Crippen LogP contribution in [0.15, 0.2) is 48.5 Å². The Morgan fingerprint density at radius 3 is 2.41 bits per heavy atom. The molecule has 0 radical (unpaired) electrons. The SMILES string of the molecule is O=C(NNC(=O)C1CCCCC1)c1ccc(NCc2ccccc2)c([N+](=O)[O-])c1. The first-order chi connectivity index (χ1) is 14.0. The van der Waals surface area contributed by atoms with Gasteiger partial charge in [0.1, 0.15) is 5.69 Å². The zero-order chi connectivity index (χ0) is 20.6. The number of anilines is 1. The Bertz CT molecular complexity index is 880. The third-order valence-corrected chi connectivity index (χ3v) is 5.06. The Hall–Kier alpha value is -3.42. The van der Waals surface area contributed by atoms with Crippen molar-refractivity contribution in [1.82, 2.24) is 10.9 Å². The molecule has 2 aromatic carbocycles. The molecule has 0 heterocycles. The number of hydrazine groups is 1. The predicted octanol–water partition coefficient (Wildman–Crippen LogP) is 3.55. The maximum Gasteiger partial charge on any atom is 0.293 e. The van der Waals surface area contributed by atoms with Gasteiger partial charge in [0.25, 0.3) is 11.6 Å². The monoisotopic (exact) mass is 396 g/mol. The first kappa shape index (κ1) is 20.3. The van der Waals surface area contributed by atoms with Gasteiger partial charge in [0.05, 0.1) is 4.92 Å². The molecule has 2 amide bonds. The van der Waals surface area contributed by atoms with E-state index < -0.39 is 10.8 Å². The largest absolute Gasteiger partial charge is 0.375 e. The third kappa shape index (κ3) is 5.54. The lowest BCUT2D eigenvalue weighted by atomic mass is 9.89. The fourth-order valence-corrected chi connectivity index (χ4v) is 3.42. The van der Waals surface area contributed by atoms with Crippen LogP contribution in [0.2, 0.25) is 0 Å². The fourth-order valence-electron chi connectivity index (χ4n) is 3.42. The van der Waals surface area contributed by atoms with Crippen molar-refractivity contribution in [3.63, 3.8) is 0 Å². The molecule has 1 fully saturated rings. The number of benzene rings is 2. The first-order valence-corrected chi connectivity index (χ1v) is 9.71. The lowest BCUT2D eigenvalue weighted by Gasteiger charge is -2.20. The highest BCUT2D eigenvalue weighted by atomic mass is 16.6. The van der Waals surface area contributed by atoms with Crippen LogP contribution >= 0.6 is 0 Å². The average molecular weight is 396 g/mol. The number of amides is 2. The molecular formula is C21H24N4O4. The molecule has 0 aromatic heterocycles. The second-order valence-electron chi connectivity index (χ2n) is 7.11. The van der Waals surface area contributed by atoms with Crippen LogP contribution in [-0.4, -0.2) is 16.7 Å². The number of carbonyl (C=O) groups excluding carboxylic acids is 2. The molecule has 2 aromatic rings. The number of hydrogen-bond donors (Lipinski definition) is 3. The predicted molar refractivity (Wildman–Crippen MR) is 109 cm³/mol. The summed E-state index contributed by atoms with van der Waals surface area (Å²) in [7, 11) is 0. The van der Waals surface area contributed by atoms with Gasteiger partial charge in [0, 0.05) is 24.1 Å². The van der Waals surface area contributed by atoms with Gasteiger partial charge in [-0.3, -0.25) is 30.6 Å². The Morgan fingerprint density at radius 1 is 1.00 bits per heavy atom. The van der Waals surface area contributed by atoms with E-state index in [1.807, 2.05) is 30.3 Å². The number of carbonyl (C=O) groups is 2. The van der Waals surface area contributed by atoms with E-state index in [4.69, 9.17) is 0 Å². The zero-order valence-corrected chi connectivity index (χ0v) is 16.0. The Balaban J connectivity index is 1.63. The summed E-state index contributed by atoms with van der Waals surface area (Å²) >= 11 is 0. The highest BCUT2D eigenvalue weighted by molar-refractivity contribution is 5.96. The second kappa shape index (κ2) is 9.68. The molecule has 8 nitrogen and oxygen atoms in total. The summed E-state index contributed by atoms with van der Waals surface area (Å²) in [6.07, 6.45) is 4.78. The number of hydrogen-bond acceptors (Lipinski definition) is 5. The molecule has 8 heteroatoms. The van der Waals surface area contributed by atoms with Crippen molar-refractivity contribution in [3.8, 4) is 0 Å². The maximum atomic E-state index is 12.3. The highest BCUT2D eigenvalue weighted by Crippen LogP contribution is 2.26. The second-order valence-corrected chi connectivity index (χ2v) is 7.11. The summed E-state index contributed by atoms with van der Waals surface area (Å²) in [5, 5.41) is 14.5. The lowest BCUT2D eigenvalue weighted by Crippen LogP contribution is -2.44. The number of nitrogens with zero attached hydrogens (tertiary/aromatic N) is 1. The number of nitro groups is 1. The summed E-state index contributed by atoms with van der Waals surface area (Å²) in [4.78, 5) is 35.4. The molecule has 0 unspecified atom stereocenters. The van der Waals surface area contributed by atoms with E-state index >= 15 is 0 Å². The minimum Gasteiger partial charge on any atom is -0.375 e. The van der Waals surface area contributed by atoms with Crippen molar-refractivity contribution in [2.24, 2.45) is 5.92 Å². The molecule has 1 aliphatic rings. The Kier molecular flexibility index (Phi) is 6.78. The molecule has 152 valence electrons. The van der Waals surface area contributed by atoms with Crippen molar-refractivity contribution in [2.45, 2.75) is 38.6 Å². The van der Waals surface area contributed by atoms with Crippen LogP contribution in [0.5, 0.6) is 0 Å². The van der Waals surface area contributed by atoms with Gasteiger partial charge in [-0.2, -0.15) is 0 Å². The maximum absolute atomic E-state index is 12.3. The molecule has 0 saturated heterocycles.